The van der Waals surface area contributed by atoms with Crippen molar-refractivity contribution in [1.29, 1.82) is 0 Å². The van der Waals surface area contributed by atoms with E-state index in [1.54, 1.807) is 6.20 Å². The van der Waals surface area contributed by atoms with Gasteiger partial charge >= 0.3 is 177 Å². The number of rotatable bonds is 30. The van der Waals surface area contributed by atoms with Crippen LogP contribution in [0.5, 0.6) is 0 Å². The SMILES string of the molecule is O=S(=O)([O-])O.O=S(=O)([O-])O.O=S(=O)([O-])O.[CH2-]C1O[C@H](O[C@@H]2C(C(=O)[O-])O[C@@H](OCCOCCn3cc(CN(CCOCCN4C(=O)[C@@H]5[C@H](C4=O)[C@H](CC)O[C@@H]5CC)C(=O)CCC(=O)NCCOCCO[C@H]4OC([CH2-])[C@@H](O)[CH-]C4[NH-])nn3)C(O)[C@H]2O)C([NH-])[C@@H](O)[C@@H]1O.[Na+].[Na+].[Na+].[Na+].[Na+].[Na+]. The molecule has 6 unspecified atom stereocenters. The number of nitrogens with zero attached hydrogens (tertiary/aromatic N) is 5. The number of aromatic nitrogens is 3. The third-order valence-electron chi connectivity index (χ3n) is 13.5. The van der Waals surface area contributed by atoms with E-state index in [0.29, 0.717) is 18.5 Å². The van der Waals surface area contributed by atoms with E-state index < -0.39 is 147 Å². The fourth-order valence-corrected chi connectivity index (χ4v) is 9.28. The van der Waals surface area contributed by atoms with Crippen molar-refractivity contribution in [3.63, 3.8) is 0 Å². The maximum Gasteiger partial charge on any atom is 1.00 e. The summed E-state index contributed by atoms with van der Waals surface area (Å²) in [7, 11) is -14.7. The Balaban J connectivity index is -0.00000185. The topological polar surface area (TPSA) is 631 Å². The Morgan fingerprint density at radius 3 is 1.69 bits per heavy atom. The van der Waals surface area contributed by atoms with Crippen molar-refractivity contribution < 1.29 is 332 Å². The van der Waals surface area contributed by atoms with Crippen LogP contribution in [0.2, 0.25) is 0 Å². The Morgan fingerprint density at radius 2 is 1.16 bits per heavy atom. The molecule has 97 heavy (non-hydrogen) atoms. The summed E-state index contributed by atoms with van der Waals surface area (Å²) in [5.74, 6) is -4.24. The summed E-state index contributed by atoms with van der Waals surface area (Å²) in [6.45, 7) is 11.5. The van der Waals surface area contributed by atoms with Gasteiger partial charge in [-0.2, -0.15) is 0 Å². The molecule has 0 spiro atoms. The molecule has 5 saturated heterocycles. The molecule has 11 N–H and O–H groups in total. The number of amides is 4. The molecule has 528 valence electrons. The Hall–Kier alpha value is 1.62. The van der Waals surface area contributed by atoms with Crippen molar-refractivity contribution >= 4 is 60.8 Å². The van der Waals surface area contributed by atoms with E-state index in [9.17, 15) is 54.6 Å². The smallest absolute Gasteiger partial charge is 0.726 e. The molecule has 5 aliphatic rings. The average Bonchev–Trinajstić information content (AvgIpc) is 1.63. The Morgan fingerprint density at radius 1 is 0.670 bits per heavy atom. The second-order valence-corrected chi connectivity index (χ2v) is 22.6. The minimum atomic E-state index is -4.92. The number of carboxylic acid groups (broad SMARTS) is 1. The van der Waals surface area contributed by atoms with Gasteiger partial charge in [-0.05, 0) is 18.9 Å². The number of likely N-dealkylation sites (tertiary alicyclic amines) is 1. The van der Waals surface area contributed by atoms with Crippen molar-refractivity contribution in [2.75, 3.05) is 72.5 Å². The summed E-state index contributed by atoms with van der Waals surface area (Å²) in [5.41, 5.74) is 16.4. The number of carboxylic acids is 1. The first-order chi connectivity index (χ1) is 42.3. The van der Waals surface area contributed by atoms with Gasteiger partial charge in [0.1, 0.15) is 42.7 Å². The van der Waals surface area contributed by atoms with Crippen LogP contribution in [0.3, 0.4) is 0 Å². The maximum absolute atomic E-state index is 13.6. The number of aliphatic carboxylic acids is 1. The van der Waals surface area contributed by atoms with Crippen molar-refractivity contribution in [1.82, 2.24) is 30.1 Å². The third-order valence-corrected chi connectivity index (χ3v) is 13.5. The average molecular weight is 1510 g/mol. The second-order valence-electron chi connectivity index (χ2n) is 20.0. The molecule has 5 aliphatic heterocycles. The standard InChI is InChI=1S/C47H73N8O21.6Na.3H2O4S/c1-5-29-33-34(30(6-2)74-29)43(64)55(42(33)63)12-16-68-14-10-53(32(58)8-7-31(57)50-9-13-67-17-19-70-45-27(48)21-28(56)24(3)72-45)22-26-23-54(52-51-26)11-15-69-18-20-71-47-39(62)38(61)40(41(76-47)44(65)66)75-46-35(49)37(60)36(59)25(4)73-46;;;;;;;3*1-5(2,3)4/h21,23-25,27-30,33-41,45-49,56,59-62H,3-20,22H2,1-2H3,(H,50,57)(H,65,66);;;;;;;3*(H2,1,2,3,4)/q-5;6*+1;;;/p-4/t24?,25?,27?,28-,29-,30+,33+,34-,35?,36+,37+,38+,39?,40-,41?,45-,46+,47+;;;;;;;;;/m0........./s1. The molecule has 18 atom stereocenters. The molecule has 0 radical (unpaired) electrons. The molecule has 4 amide bonds. The number of hydrogen-bond acceptors (Lipinski definition) is 32. The van der Waals surface area contributed by atoms with Gasteiger partial charge in [0.2, 0.25) is 54.8 Å². The van der Waals surface area contributed by atoms with Crippen molar-refractivity contribution in [3.8, 4) is 0 Å². The van der Waals surface area contributed by atoms with Crippen LogP contribution in [0.15, 0.2) is 6.20 Å². The zero-order valence-corrected chi connectivity index (χ0v) is 69.2. The van der Waals surface area contributed by atoms with Gasteiger partial charge in [0.25, 0.3) is 0 Å². The van der Waals surface area contributed by atoms with E-state index in [0.717, 1.165) is 0 Å². The number of nitrogens with one attached hydrogen (secondary N) is 3. The van der Waals surface area contributed by atoms with E-state index >= 15 is 0 Å². The zero-order chi connectivity index (χ0) is 68.7. The predicted octanol–water partition coefficient (Wildman–Crippen LogP) is -25.4. The summed E-state index contributed by atoms with van der Waals surface area (Å²) in [6, 6.07) is -2.52. The Labute approximate surface area is 692 Å². The molecular weight excluding hydrogens is 1440 g/mol. The first-order valence-electron chi connectivity index (χ1n) is 27.5. The summed E-state index contributed by atoms with van der Waals surface area (Å²) in [6.07, 6.45) is -14.8. The number of fused-ring (bicyclic) bond motifs is 1. The van der Waals surface area contributed by atoms with Crippen LogP contribution in [-0.4, -0.2) is 303 Å². The van der Waals surface area contributed by atoms with E-state index in [1.807, 2.05) is 13.8 Å². The number of hydrogen-bond donors (Lipinski definition) is 9. The van der Waals surface area contributed by atoms with E-state index in [4.69, 9.17) is 111 Å². The van der Waals surface area contributed by atoms with Crippen LogP contribution >= 0.6 is 0 Å². The Kier molecular flexibility index (Phi) is 56.1. The molecule has 5 fully saturated rings. The van der Waals surface area contributed by atoms with Crippen LogP contribution in [0, 0.1) is 32.1 Å². The normalized spacial score (nSPS) is 28.9. The molecule has 1 aromatic heterocycles. The van der Waals surface area contributed by atoms with Gasteiger partial charge in [0.05, 0.1) is 121 Å². The Bertz CT molecular complexity index is 2690. The first-order valence-corrected chi connectivity index (χ1v) is 31.6. The zero-order valence-electron chi connectivity index (χ0n) is 54.7. The molecule has 0 aliphatic carbocycles. The second kappa shape index (κ2) is 51.8. The molecule has 0 bridgehead atoms. The molecule has 0 aromatic carbocycles. The van der Waals surface area contributed by atoms with Crippen LogP contribution in [0.25, 0.3) is 11.5 Å². The molecule has 41 nitrogen and oxygen atoms in total. The van der Waals surface area contributed by atoms with Gasteiger partial charge in [-0.3, -0.25) is 37.7 Å². The summed E-state index contributed by atoms with van der Waals surface area (Å²) < 4.78 is 155. The third kappa shape index (κ3) is 39.3. The summed E-state index contributed by atoms with van der Waals surface area (Å²) >= 11 is 0. The van der Waals surface area contributed by atoms with Crippen LogP contribution < -0.4 is 188 Å². The largest absolute Gasteiger partial charge is 1.00 e. The van der Waals surface area contributed by atoms with E-state index in [-0.39, 0.29) is 300 Å². The van der Waals surface area contributed by atoms with Crippen molar-refractivity contribution in [2.45, 2.75) is 151 Å². The monoisotopic (exact) mass is 1510 g/mol. The van der Waals surface area contributed by atoms with Gasteiger partial charge < -0.3 is 138 Å². The molecular formula is C47H75N8Na6O33S3-3. The molecule has 0 saturated carbocycles. The van der Waals surface area contributed by atoms with E-state index in [2.05, 4.69) is 29.5 Å². The molecule has 1 aromatic rings. The van der Waals surface area contributed by atoms with Gasteiger partial charge in [-0.15, -0.1) is 5.10 Å². The number of carbonyl (C=O) groups excluding carboxylic acids is 5. The summed E-state index contributed by atoms with van der Waals surface area (Å²) in [4.78, 5) is 67.6. The molecule has 6 heterocycles. The molecule has 50 heteroatoms. The fraction of sp³-hybridized carbons (Fsp3) is 0.787. The van der Waals surface area contributed by atoms with Gasteiger partial charge in [0.15, 0.2) is 6.29 Å². The predicted molar refractivity (Wildman–Crippen MR) is 289 cm³/mol. The number of aliphatic hydroxyl groups is 5. The fourth-order valence-electron chi connectivity index (χ4n) is 9.28. The van der Waals surface area contributed by atoms with Crippen LogP contribution in [0.4, 0.5) is 0 Å². The maximum atomic E-state index is 13.6. The summed E-state index contributed by atoms with van der Waals surface area (Å²) in [5, 5.41) is 74.3. The van der Waals surface area contributed by atoms with Gasteiger partial charge in [-0.1, -0.05) is 37.3 Å². The quantitative estimate of drug-likeness (QED) is 0.00862. The van der Waals surface area contributed by atoms with Gasteiger partial charge in [-0.25, -0.2) is 36.0 Å². The van der Waals surface area contributed by atoms with Gasteiger partial charge in [0, 0.05) is 25.9 Å². The first kappa shape index (κ1) is 105. The van der Waals surface area contributed by atoms with Crippen LogP contribution in [0.1, 0.15) is 45.2 Å². The minimum absolute atomic E-state index is 0. The van der Waals surface area contributed by atoms with E-state index in [1.165, 1.54) is 20.9 Å². The number of aliphatic hydroxyl groups excluding tert-OH is 5. The minimum Gasteiger partial charge on any atom is -0.726 e. The number of ether oxygens (including phenoxy) is 10. The molecule has 6 rings (SSSR count). The van der Waals surface area contributed by atoms with Crippen molar-refractivity contribution in [3.05, 3.63) is 43.6 Å². The number of carbonyl (C=O) groups is 5. The van der Waals surface area contributed by atoms with Crippen LogP contribution in [-0.2, 0) is 116 Å². The van der Waals surface area contributed by atoms with Crippen molar-refractivity contribution in [2.24, 2.45) is 11.8 Å². The number of imide groups is 1.